The lowest BCUT2D eigenvalue weighted by molar-refractivity contribution is -0.189. The molecule has 180 valence electrons. The number of aliphatic hydroxyl groups excluding tert-OH is 1. The Hall–Kier alpha value is -3.68. The van der Waals surface area contributed by atoms with Gasteiger partial charge in [0.05, 0.1) is 34.9 Å². The van der Waals surface area contributed by atoms with Gasteiger partial charge in [0.2, 0.25) is 5.78 Å². The first kappa shape index (κ1) is 21.6. The Balaban J connectivity index is 1.68. The number of allylic oxidation sites excluding steroid dienone is 3. The summed E-state index contributed by atoms with van der Waals surface area (Å²) in [5, 5.41) is 11.5. The first-order valence-corrected chi connectivity index (χ1v) is 11.9. The van der Waals surface area contributed by atoms with Crippen LogP contribution in [0.2, 0.25) is 0 Å². The van der Waals surface area contributed by atoms with Crippen molar-refractivity contribution >= 4 is 34.7 Å². The highest BCUT2D eigenvalue weighted by Crippen LogP contribution is 2.73. The molecule has 2 heterocycles. The summed E-state index contributed by atoms with van der Waals surface area (Å²) in [6, 6.07) is 8.46. The predicted molar refractivity (Wildman–Crippen MR) is 128 cm³/mol. The van der Waals surface area contributed by atoms with Crippen LogP contribution in [-0.2, 0) is 20.7 Å². The fraction of sp³-hybridized carbons (Fsp3) is 0.250. The highest BCUT2D eigenvalue weighted by Gasteiger charge is 2.78. The molecule has 3 aliphatic carbocycles. The summed E-state index contributed by atoms with van der Waals surface area (Å²) in [6.45, 7) is 3.75. The van der Waals surface area contributed by atoms with E-state index in [0.29, 0.717) is 22.4 Å². The first-order valence-electron chi connectivity index (χ1n) is 11.5. The molecule has 1 N–H and O–H groups in total. The van der Waals surface area contributed by atoms with E-state index in [4.69, 9.17) is 25.8 Å². The molecule has 4 atom stereocenters. The second kappa shape index (κ2) is 6.55. The van der Waals surface area contributed by atoms with Crippen molar-refractivity contribution in [1.82, 2.24) is 0 Å². The fourth-order valence-electron chi connectivity index (χ4n) is 7.09. The van der Waals surface area contributed by atoms with Crippen LogP contribution in [0.1, 0.15) is 51.3 Å². The SMILES string of the molecule is COc1cccc2c1C(O)=C1C(=O)C=C(C)[C@@H]3[C@@H](C)O[C@]24Oc2c(ccc5c2C(=O)C(Cl)=CC5=O)[C@@]134. The smallest absolute Gasteiger partial charge is 0.253 e. The zero-order valence-corrected chi connectivity index (χ0v) is 20.2. The molecule has 0 unspecified atom stereocenters. The van der Waals surface area contributed by atoms with Gasteiger partial charge >= 0.3 is 0 Å². The van der Waals surface area contributed by atoms with E-state index in [1.54, 1.807) is 30.3 Å². The summed E-state index contributed by atoms with van der Waals surface area (Å²) in [4.78, 5) is 39.7. The Morgan fingerprint density at radius 2 is 1.81 bits per heavy atom. The van der Waals surface area contributed by atoms with Crippen LogP contribution in [0.3, 0.4) is 0 Å². The van der Waals surface area contributed by atoms with Gasteiger partial charge in [0.1, 0.15) is 22.7 Å². The molecule has 0 aromatic heterocycles. The summed E-state index contributed by atoms with van der Waals surface area (Å²) >= 11 is 6.15. The molecule has 2 aromatic rings. The van der Waals surface area contributed by atoms with Crippen molar-refractivity contribution in [1.29, 1.82) is 0 Å². The molecule has 0 amide bonds. The van der Waals surface area contributed by atoms with Gasteiger partial charge in [-0.05, 0) is 32.1 Å². The third-order valence-corrected chi connectivity index (χ3v) is 8.45. The second-order valence-corrected chi connectivity index (χ2v) is 10.1. The molecule has 1 saturated heterocycles. The van der Waals surface area contributed by atoms with Gasteiger partial charge in [-0.15, -0.1) is 0 Å². The third kappa shape index (κ3) is 2.07. The molecule has 2 aliphatic heterocycles. The number of Topliss-reactive ketones (excluding diaryl/α,β-unsaturated/α-hetero) is 1. The van der Waals surface area contributed by atoms with Crippen LogP contribution in [0, 0.1) is 5.92 Å². The summed E-state index contributed by atoms with van der Waals surface area (Å²) < 4.78 is 18.9. The zero-order chi connectivity index (χ0) is 25.3. The normalized spacial score (nSPS) is 31.1. The number of aliphatic hydroxyl groups is 1. The maximum Gasteiger partial charge on any atom is 0.253 e. The molecule has 36 heavy (non-hydrogen) atoms. The molecule has 2 aromatic carbocycles. The van der Waals surface area contributed by atoms with Crippen LogP contribution in [0.4, 0.5) is 0 Å². The van der Waals surface area contributed by atoms with Crippen molar-refractivity contribution in [3.05, 3.63) is 86.5 Å². The van der Waals surface area contributed by atoms with E-state index in [0.717, 1.165) is 11.6 Å². The van der Waals surface area contributed by atoms with E-state index in [9.17, 15) is 19.5 Å². The molecular formula is C28H19ClO7. The topological polar surface area (TPSA) is 99.1 Å². The monoisotopic (exact) mass is 502 g/mol. The van der Waals surface area contributed by atoms with Crippen LogP contribution in [0.25, 0.3) is 5.76 Å². The van der Waals surface area contributed by atoms with E-state index in [1.165, 1.54) is 13.2 Å². The molecule has 1 fully saturated rings. The number of halogens is 1. The Morgan fingerprint density at radius 3 is 2.56 bits per heavy atom. The predicted octanol–water partition coefficient (Wildman–Crippen LogP) is 4.53. The number of hydrogen-bond acceptors (Lipinski definition) is 7. The Kier molecular flexibility index (Phi) is 3.93. The van der Waals surface area contributed by atoms with Gasteiger partial charge in [0.15, 0.2) is 11.6 Å². The van der Waals surface area contributed by atoms with E-state index >= 15 is 0 Å². The largest absolute Gasteiger partial charge is 0.507 e. The van der Waals surface area contributed by atoms with Gasteiger partial charge in [0, 0.05) is 28.7 Å². The summed E-state index contributed by atoms with van der Waals surface area (Å²) in [5.74, 6) is -3.07. The lowest BCUT2D eigenvalue weighted by Gasteiger charge is -2.47. The average Bonchev–Trinajstić information content (AvgIpc) is 3.27. The molecule has 0 bridgehead atoms. The summed E-state index contributed by atoms with van der Waals surface area (Å²) in [7, 11) is 1.47. The van der Waals surface area contributed by atoms with Gasteiger partial charge in [-0.25, -0.2) is 0 Å². The Bertz CT molecular complexity index is 1590. The molecule has 7 rings (SSSR count). The molecule has 8 heteroatoms. The Morgan fingerprint density at radius 1 is 1.03 bits per heavy atom. The quantitative estimate of drug-likeness (QED) is 0.611. The van der Waals surface area contributed by atoms with E-state index in [-0.39, 0.29) is 39.0 Å². The number of rotatable bonds is 1. The fourth-order valence-corrected chi connectivity index (χ4v) is 7.28. The van der Waals surface area contributed by atoms with Gasteiger partial charge in [-0.1, -0.05) is 35.4 Å². The number of methoxy groups -OCH3 is 1. The minimum absolute atomic E-state index is 0.0352. The standard InChI is InChI=1S/C28H19ClO7/c1-11-9-18(31)23-25(33)21-14(5-4-6-19(21)34-3)28-27(23,22(11)12(2)35-28)15-8-7-13-17(30)10-16(29)24(32)20(13)26(15)36-28/h4-10,12,22,33H,1-3H3/t12-,22-,27+,28+/m1/s1. The maximum atomic E-state index is 13.7. The highest BCUT2D eigenvalue weighted by molar-refractivity contribution is 6.49. The zero-order valence-electron chi connectivity index (χ0n) is 19.5. The number of fused-ring (bicyclic) bond motifs is 4. The Labute approximate surface area is 210 Å². The summed E-state index contributed by atoms with van der Waals surface area (Å²) in [6.07, 6.45) is 2.19. The van der Waals surface area contributed by atoms with Crippen LogP contribution >= 0.6 is 11.6 Å². The summed E-state index contributed by atoms with van der Waals surface area (Å²) in [5.41, 5.74) is 1.05. The third-order valence-electron chi connectivity index (χ3n) is 8.17. The molecular weight excluding hydrogens is 484 g/mol. The molecule has 0 radical (unpaired) electrons. The minimum Gasteiger partial charge on any atom is -0.507 e. The number of ketones is 3. The maximum absolute atomic E-state index is 13.7. The lowest BCUT2D eigenvalue weighted by Crippen LogP contribution is -2.55. The van der Waals surface area contributed by atoms with Crippen LogP contribution in [-0.4, -0.2) is 35.7 Å². The number of benzene rings is 2. The van der Waals surface area contributed by atoms with E-state index in [2.05, 4.69) is 0 Å². The van der Waals surface area contributed by atoms with Crippen molar-refractivity contribution in [2.75, 3.05) is 7.11 Å². The highest BCUT2D eigenvalue weighted by atomic mass is 35.5. The molecule has 1 spiro atoms. The second-order valence-electron chi connectivity index (χ2n) is 9.74. The number of hydrogen-bond donors (Lipinski definition) is 1. The van der Waals surface area contributed by atoms with Gasteiger partial charge in [-0.3, -0.25) is 14.4 Å². The molecule has 5 aliphatic rings. The molecule has 7 nitrogen and oxygen atoms in total. The lowest BCUT2D eigenvalue weighted by atomic mass is 9.53. The van der Waals surface area contributed by atoms with Gasteiger partial charge < -0.3 is 19.3 Å². The van der Waals surface area contributed by atoms with Crippen molar-refractivity contribution < 1.29 is 33.7 Å². The number of carbonyl (C=O) groups is 3. The van der Waals surface area contributed by atoms with Crippen LogP contribution < -0.4 is 9.47 Å². The number of ether oxygens (including phenoxy) is 3. The van der Waals surface area contributed by atoms with Crippen molar-refractivity contribution in [2.45, 2.75) is 31.2 Å². The van der Waals surface area contributed by atoms with Gasteiger partial charge in [0.25, 0.3) is 5.79 Å². The molecule has 0 saturated carbocycles. The van der Waals surface area contributed by atoms with Crippen molar-refractivity contribution in [3.63, 3.8) is 0 Å². The van der Waals surface area contributed by atoms with E-state index in [1.807, 2.05) is 13.8 Å². The first-order chi connectivity index (χ1) is 17.2. The minimum atomic E-state index is -1.60. The van der Waals surface area contributed by atoms with Crippen molar-refractivity contribution in [2.24, 2.45) is 5.92 Å². The van der Waals surface area contributed by atoms with Gasteiger partial charge in [-0.2, -0.15) is 0 Å². The average molecular weight is 503 g/mol. The van der Waals surface area contributed by atoms with E-state index < -0.39 is 34.8 Å². The van der Waals surface area contributed by atoms with Crippen LogP contribution in [0.15, 0.2) is 58.7 Å². The van der Waals surface area contributed by atoms with Crippen molar-refractivity contribution in [3.8, 4) is 11.5 Å². The van der Waals surface area contributed by atoms with Crippen LogP contribution in [0.5, 0.6) is 11.5 Å². The number of carbonyl (C=O) groups excluding carboxylic acids is 3.